The molecule has 2 N–H and O–H groups in total. The Hall–Kier alpha value is -3.01. The minimum absolute atomic E-state index is 0.237. The SMILES string of the molecule is CCCCCCCCCC=CC=CC=CC=CC=C(C(=O)OCC)c1ccc(O)c(O)c1. The van der Waals surface area contributed by atoms with Crippen LogP contribution in [0.2, 0.25) is 0 Å². The Morgan fingerprint density at radius 3 is 2.09 bits per heavy atom. The maximum Gasteiger partial charge on any atom is 0.338 e. The van der Waals surface area contributed by atoms with E-state index >= 15 is 0 Å². The van der Waals surface area contributed by atoms with Crippen LogP contribution in [0.1, 0.15) is 70.8 Å². The third kappa shape index (κ3) is 12.0. The molecule has 0 saturated heterocycles. The molecule has 0 spiro atoms. The molecule has 0 saturated carbocycles. The fourth-order valence-corrected chi connectivity index (χ4v) is 3.05. The van der Waals surface area contributed by atoms with Gasteiger partial charge in [0, 0.05) is 0 Å². The molecule has 0 aliphatic heterocycles. The summed E-state index contributed by atoms with van der Waals surface area (Å²) in [7, 11) is 0. The zero-order valence-corrected chi connectivity index (χ0v) is 19.5. The lowest BCUT2D eigenvalue weighted by Gasteiger charge is -2.07. The summed E-state index contributed by atoms with van der Waals surface area (Å²) < 4.78 is 5.09. The van der Waals surface area contributed by atoms with Crippen LogP contribution in [0.5, 0.6) is 11.5 Å². The van der Waals surface area contributed by atoms with Crippen LogP contribution < -0.4 is 0 Å². The van der Waals surface area contributed by atoms with Crippen molar-refractivity contribution in [2.24, 2.45) is 0 Å². The van der Waals surface area contributed by atoms with Gasteiger partial charge < -0.3 is 14.9 Å². The Morgan fingerprint density at radius 2 is 1.44 bits per heavy atom. The Kier molecular flexibility index (Phi) is 14.9. The lowest BCUT2D eigenvalue weighted by molar-refractivity contribution is -0.136. The molecule has 32 heavy (non-hydrogen) atoms. The van der Waals surface area contributed by atoms with Gasteiger partial charge in [-0.15, -0.1) is 0 Å². The fourth-order valence-electron chi connectivity index (χ4n) is 3.05. The van der Waals surface area contributed by atoms with Crippen molar-refractivity contribution in [1.29, 1.82) is 0 Å². The minimum atomic E-state index is -0.489. The van der Waals surface area contributed by atoms with Crippen molar-refractivity contribution in [3.63, 3.8) is 0 Å². The lowest BCUT2D eigenvalue weighted by Crippen LogP contribution is -2.06. The Morgan fingerprint density at radius 1 is 0.812 bits per heavy atom. The van der Waals surface area contributed by atoms with Gasteiger partial charge in [-0.1, -0.05) is 100 Å². The molecule has 0 atom stereocenters. The number of allylic oxidation sites excluding steroid dienone is 9. The van der Waals surface area contributed by atoms with E-state index in [2.05, 4.69) is 19.1 Å². The molecule has 0 aliphatic carbocycles. The van der Waals surface area contributed by atoms with E-state index in [-0.39, 0.29) is 18.1 Å². The first-order valence-electron chi connectivity index (χ1n) is 11.7. The molecule has 1 aromatic rings. The van der Waals surface area contributed by atoms with Gasteiger partial charge in [-0.25, -0.2) is 4.79 Å². The number of hydrogen-bond donors (Lipinski definition) is 2. The van der Waals surface area contributed by atoms with Crippen molar-refractivity contribution in [2.75, 3.05) is 6.61 Å². The van der Waals surface area contributed by atoms with Gasteiger partial charge in [0.15, 0.2) is 11.5 Å². The third-order valence-electron chi connectivity index (χ3n) is 4.82. The van der Waals surface area contributed by atoms with Gasteiger partial charge in [0.2, 0.25) is 0 Å². The molecule has 0 bridgehead atoms. The molecule has 0 unspecified atom stereocenters. The minimum Gasteiger partial charge on any atom is -0.504 e. The number of carbonyl (C=O) groups excluding carboxylic acids is 1. The number of hydrogen-bond acceptors (Lipinski definition) is 4. The molecule has 4 nitrogen and oxygen atoms in total. The van der Waals surface area contributed by atoms with E-state index in [4.69, 9.17) is 4.74 Å². The summed E-state index contributed by atoms with van der Waals surface area (Å²) in [6.07, 6.45) is 27.6. The molecule has 0 heterocycles. The number of unbranched alkanes of at least 4 members (excludes halogenated alkanes) is 7. The van der Waals surface area contributed by atoms with Gasteiger partial charge in [-0.2, -0.15) is 0 Å². The van der Waals surface area contributed by atoms with Crippen molar-refractivity contribution in [2.45, 2.75) is 65.2 Å². The average Bonchev–Trinajstić information content (AvgIpc) is 2.78. The van der Waals surface area contributed by atoms with Crippen LogP contribution in [-0.4, -0.2) is 22.8 Å². The monoisotopic (exact) mass is 438 g/mol. The summed E-state index contributed by atoms with van der Waals surface area (Å²) in [5.74, 6) is -1.01. The average molecular weight is 439 g/mol. The number of esters is 1. The Bertz CT molecular complexity index is 813. The summed E-state index contributed by atoms with van der Waals surface area (Å²) in [6.45, 7) is 4.23. The zero-order chi connectivity index (χ0) is 23.4. The van der Waals surface area contributed by atoms with Crippen LogP contribution in [0.4, 0.5) is 0 Å². The number of benzene rings is 1. The highest BCUT2D eigenvalue weighted by molar-refractivity contribution is 6.17. The van der Waals surface area contributed by atoms with E-state index in [1.54, 1.807) is 25.1 Å². The Balaban J connectivity index is 2.46. The van der Waals surface area contributed by atoms with Crippen LogP contribution in [0.25, 0.3) is 5.57 Å². The smallest absolute Gasteiger partial charge is 0.338 e. The predicted molar refractivity (Wildman–Crippen MR) is 134 cm³/mol. The molecule has 1 aromatic carbocycles. The van der Waals surface area contributed by atoms with Crippen molar-refractivity contribution in [1.82, 2.24) is 0 Å². The van der Waals surface area contributed by atoms with E-state index in [1.165, 1.54) is 57.1 Å². The standard InChI is InChI=1S/C28H38O4/c1-3-5-6-7-8-9-10-11-12-13-14-15-16-17-18-19-20-25(28(31)32-4-2)24-21-22-26(29)27(30)23-24/h12-23,29-30H,3-11H2,1-2H3. The molecule has 1 rings (SSSR count). The van der Waals surface area contributed by atoms with Crippen molar-refractivity contribution < 1.29 is 19.7 Å². The van der Waals surface area contributed by atoms with Crippen molar-refractivity contribution in [3.05, 3.63) is 78.4 Å². The predicted octanol–water partition coefficient (Wildman–Crippen LogP) is 7.41. The van der Waals surface area contributed by atoms with E-state index in [1.807, 2.05) is 30.4 Å². The summed E-state index contributed by atoms with van der Waals surface area (Å²) in [5, 5.41) is 19.2. The lowest BCUT2D eigenvalue weighted by atomic mass is 10.0. The van der Waals surface area contributed by atoms with E-state index in [9.17, 15) is 15.0 Å². The van der Waals surface area contributed by atoms with Gasteiger partial charge in [0.1, 0.15) is 0 Å². The van der Waals surface area contributed by atoms with Crippen molar-refractivity contribution >= 4 is 11.5 Å². The molecule has 0 fully saturated rings. The molecule has 4 heteroatoms. The molecule has 174 valence electrons. The second-order valence-corrected chi connectivity index (χ2v) is 7.50. The van der Waals surface area contributed by atoms with E-state index in [0.29, 0.717) is 11.1 Å². The van der Waals surface area contributed by atoms with Gasteiger partial charge in [-0.05, 0) is 43.5 Å². The summed E-state index contributed by atoms with van der Waals surface area (Å²) in [6, 6.07) is 4.24. The third-order valence-corrected chi connectivity index (χ3v) is 4.82. The second-order valence-electron chi connectivity index (χ2n) is 7.50. The van der Waals surface area contributed by atoms with Crippen LogP contribution in [0.15, 0.2) is 72.9 Å². The van der Waals surface area contributed by atoms with E-state index in [0.717, 1.165) is 6.42 Å². The topological polar surface area (TPSA) is 66.8 Å². The number of phenols is 2. The van der Waals surface area contributed by atoms with Crippen LogP contribution in [-0.2, 0) is 9.53 Å². The summed E-state index contributed by atoms with van der Waals surface area (Å²) >= 11 is 0. The van der Waals surface area contributed by atoms with Crippen LogP contribution >= 0.6 is 0 Å². The summed E-state index contributed by atoms with van der Waals surface area (Å²) in [4.78, 5) is 12.2. The fraction of sp³-hybridized carbons (Fsp3) is 0.393. The molecular weight excluding hydrogens is 400 g/mol. The molecule has 0 aliphatic rings. The highest BCUT2D eigenvalue weighted by Gasteiger charge is 2.14. The number of aromatic hydroxyl groups is 2. The van der Waals surface area contributed by atoms with Crippen LogP contribution in [0, 0.1) is 0 Å². The van der Waals surface area contributed by atoms with Crippen LogP contribution in [0.3, 0.4) is 0 Å². The summed E-state index contributed by atoms with van der Waals surface area (Å²) in [5.41, 5.74) is 0.772. The number of rotatable bonds is 15. The first kappa shape index (κ1) is 27.0. The number of phenolic OH excluding ortho intramolecular Hbond substituents is 2. The number of carbonyl (C=O) groups is 1. The highest BCUT2D eigenvalue weighted by Crippen LogP contribution is 2.28. The first-order valence-corrected chi connectivity index (χ1v) is 11.7. The molecule has 0 amide bonds. The van der Waals surface area contributed by atoms with Gasteiger partial charge >= 0.3 is 5.97 Å². The quantitative estimate of drug-likeness (QED) is 0.0983. The maximum atomic E-state index is 12.2. The molecular formula is C28H38O4. The maximum absolute atomic E-state index is 12.2. The van der Waals surface area contributed by atoms with E-state index < -0.39 is 5.97 Å². The van der Waals surface area contributed by atoms with Gasteiger partial charge in [0.25, 0.3) is 0 Å². The zero-order valence-electron chi connectivity index (χ0n) is 19.5. The van der Waals surface area contributed by atoms with Gasteiger partial charge in [0.05, 0.1) is 12.2 Å². The molecule has 0 radical (unpaired) electrons. The number of ether oxygens (including phenoxy) is 1. The van der Waals surface area contributed by atoms with Crippen molar-refractivity contribution in [3.8, 4) is 11.5 Å². The largest absolute Gasteiger partial charge is 0.504 e. The second kappa shape index (κ2) is 17.6. The highest BCUT2D eigenvalue weighted by atomic mass is 16.5. The Labute approximate surface area is 193 Å². The van der Waals surface area contributed by atoms with Gasteiger partial charge in [-0.3, -0.25) is 0 Å². The normalized spacial score (nSPS) is 12.6. The molecule has 0 aromatic heterocycles. The first-order chi connectivity index (χ1) is 15.6.